The van der Waals surface area contributed by atoms with Crippen molar-refractivity contribution in [3.05, 3.63) is 213 Å². The maximum absolute atomic E-state index is 14.9. The van der Waals surface area contributed by atoms with Gasteiger partial charge in [-0.3, -0.25) is 34.4 Å². The number of aryl methyl sites for hydroxylation is 1. The predicted molar refractivity (Wildman–Crippen MR) is 374 cm³/mol. The molecule has 0 saturated carbocycles. The number of urea groups is 2. The average Bonchev–Trinajstić information content (AvgIpc) is 1.73. The van der Waals surface area contributed by atoms with E-state index >= 15 is 0 Å². The topological polar surface area (TPSA) is 220 Å². The van der Waals surface area contributed by atoms with Gasteiger partial charge < -0.3 is 34.6 Å². The first-order valence-corrected chi connectivity index (χ1v) is 35.3. The van der Waals surface area contributed by atoms with Crippen LogP contribution in [-0.2, 0) is 25.5 Å². The molecule has 3 aromatic heterocycles. The maximum atomic E-state index is 14.9. The van der Waals surface area contributed by atoms with Crippen LogP contribution in [0.1, 0.15) is 69.4 Å². The zero-order valence-corrected chi connectivity index (χ0v) is 58.4. The van der Waals surface area contributed by atoms with Gasteiger partial charge in [0.2, 0.25) is 0 Å². The van der Waals surface area contributed by atoms with Crippen LogP contribution in [0.2, 0.25) is 10.0 Å². The highest BCUT2D eigenvalue weighted by molar-refractivity contribution is 7.14. The second-order valence-electron chi connectivity index (χ2n) is 24.3. The van der Waals surface area contributed by atoms with Gasteiger partial charge in [-0.05, 0) is 73.5 Å². The summed E-state index contributed by atoms with van der Waals surface area (Å²) in [7, 11) is 2.56. The Kier molecular flexibility index (Phi) is 20.8. The third-order valence-electron chi connectivity index (χ3n) is 17.8. The van der Waals surface area contributed by atoms with Gasteiger partial charge in [0, 0.05) is 138 Å². The standard InChI is InChI=1S/C37H34ClF3N6O4S.C33H28ClF2N7O4S2/c1-3-4-21-5-8-31(29(41)13-21)51-26-15-23(40)14-24(17-26)47-19-25-18-45(10-11-46(25)37(47)49)20-30-32(36(48)50-2)33(27-7-6-22(39)16-28(27)38)44-34(43-30)35-42-9-12-52-35;1-17(44)21-5-3-18(11-24(21)36)26-16-49-32(39-26)43-14-20-13-41(8-9-42(20)33(43)46)15-25-27(31(45)47-2)28(22-6-4-19(35)12-23(22)34)40-29(38-25)30-37-7-10-48-30/h5-9,12-17,25,33H,3-4,10-11,18-20H2,1-2H3,(H,43,44);3-7,10-12,16,20,28H,8-9,13-15H2,1-2H3,(H,38,40)/t25-,33-;20-,28-/m00/s1. The molecule has 4 amide bonds. The van der Waals surface area contributed by atoms with Crippen LogP contribution in [0, 0.1) is 29.1 Å². The Hall–Kier alpha value is -9.49. The SMILES string of the molecule is CCCc1ccc(Oc2cc(F)cc(N3C[C@@H]4CN(CC5=C(C(=O)OC)[C@H](c6ccc(F)cc6Cl)N=C(c6nccs6)N5)CCN4C3=O)c2)c(F)c1.COC(=O)C1=C(CN2CCN3C(=O)N(c4nc(-c5ccc(C(C)=O)c(F)c5)cs4)C[C@@H]3C2)NC(c2nccs2)=N[C@H]1c1ccc(F)cc1Cl. The van der Waals surface area contributed by atoms with Crippen LogP contribution in [0.5, 0.6) is 11.5 Å². The predicted octanol–water partition coefficient (Wildman–Crippen LogP) is 12.6. The molecule has 4 saturated heterocycles. The Bertz CT molecular complexity index is 4700. The van der Waals surface area contributed by atoms with Gasteiger partial charge >= 0.3 is 24.0 Å². The molecule has 4 fully saturated rings. The van der Waals surface area contributed by atoms with Gasteiger partial charge in [-0.25, -0.2) is 56.1 Å². The number of halogens is 7. The molecular formula is C70H62Cl2F5N13O8S3. The zero-order chi connectivity index (χ0) is 70.9. The number of esters is 2. The number of fused-ring (bicyclic) bond motifs is 2. The number of carbonyl (C=O) groups is 5. The minimum atomic E-state index is -0.910. The molecule has 14 rings (SSSR count). The van der Waals surface area contributed by atoms with Gasteiger partial charge in [-0.15, -0.1) is 34.0 Å². The molecule has 0 aliphatic carbocycles. The van der Waals surface area contributed by atoms with E-state index in [1.807, 2.05) is 17.2 Å². The van der Waals surface area contributed by atoms with Crippen LogP contribution in [0.15, 0.2) is 152 Å². The molecule has 9 heterocycles. The minimum Gasteiger partial charge on any atom is -0.466 e. The van der Waals surface area contributed by atoms with E-state index in [4.69, 9.17) is 47.4 Å². The average molecular weight is 1480 g/mol. The molecule has 0 bridgehead atoms. The van der Waals surface area contributed by atoms with Crippen molar-refractivity contribution in [3.8, 4) is 22.8 Å². The van der Waals surface area contributed by atoms with Crippen LogP contribution in [0.25, 0.3) is 11.3 Å². The Morgan fingerprint density at radius 1 is 0.624 bits per heavy atom. The number of methoxy groups -OCH3 is 2. The van der Waals surface area contributed by atoms with Crippen molar-refractivity contribution in [2.24, 2.45) is 9.98 Å². The molecule has 6 aliphatic rings. The fraction of sp³-hybridized carbons (Fsp3) is 0.286. The quantitative estimate of drug-likeness (QED) is 0.0463. The number of hydrogen-bond acceptors (Lipinski definition) is 20. The number of aliphatic imine (C=N–C) groups is 2. The van der Waals surface area contributed by atoms with Gasteiger partial charge in [-0.1, -0.05) is 60.8 Å². The van der Waals surface area contributed by atoms with Gasteiger partial charge in [0.25, 0.3) is 0 Å². The molecule has 6 aliphatic heterocycles. The van der Waals surface area contributed by atoms with Crippen molar-refractivity contribution in [2.75, 3.05) is 89.5 Å². The molecule has 21 nitrogen and oxygen atoms in total. The summed E-state index contributed by atoms with van der Waals surface area (Å²) >= 11 is 17.0. The Balaban J connectivity index is 0.000000181. The van der Waals surface area contributed by atoms with E-state index in [0.717, 1.165) is 24.5 Å². The first-order valence-electron chi connectivity index (χ1n) is 31.9. The number of nitrogens with zero attached hydrogens (tertiary/aromatic N) is 11. The molecule has 31 heteroatoms. The lowest BCUT2D eigenvalue weighted by Gasteiger charge is -2.38. The van der Waals surface area contributed by atoms with Crippen LogP contribution < -0.4 is 25.2 Å². The largest absolute Gasteiger partial charge is 0.466 e. The lowest BCUT2D eigenvalue weighted by Crippen LogP contribution is -2.53. The number of amidine groups is 2. The number of Topliss-reactive ketones (excluding diaryl/α,β-unsaturated/α-hetero) is 1. The highest BCUT2D eigenvalue weighted by Crippen LogP contribution is 2.41. The highest BCUT2D eigenvalue weighted by atomic mass is 35.5. The molecule has 2 N–H and O–H groups in total. The first kappa shape index (κ1) is 70.0. The lowest BCUT2D eigenvalue weighted by atomic mass is 9.95. The molecule has 0 unspecified atom stereocenters. The molecule has 522 valence electrons. The van der Waals surface area contributed by atoms with E-state index in [1.165, 1.54) is 133 Å². The molecular weight excluding hydrogens is 1410 g/mol. The van der Waals surface area contributed by atoms with Crippen molar-refractivity contribution >= 4 is 109 Å². The summed E-state index contributed by atoms with van der Waals surface area (Å²) in [6.45, 7) is 7.24. The van der Waals surface area contributed by atoms with E-state index in [1.54, 1.807) is 45.1 Å². The number of ketones is 1. The van der Waals surface area contributed by atoms with Gasteiger partial charge in [0.05, 0.1) is 60.9 Å². The Morgan fingerprint density at radius 3 is 1.69 bits per heavy atom. The molecule has 0 radical (unpaired) electrons. The zero-order valence-electron chi connectivity index (χ0n) is 54.4. The fourth-order valence-corrected chi connectivity index (χ4v) is 15.6. The summed E-state index contributed by atoms with van der Waals surface area (Å²) in [5, 5.41) is 13.9. The second-order valence-corrected chi connectivity index (χ2v) is 27.7. The van der Waals surface area contributed by atoms with Gasteiger partial charge in [-0.2, -0.15) is 0 Å². The van der Waals surface area contributed by atoms with E-state index in [0.29, 0.717) is 113 Å². The summed E-state index contributed by atoms with van der Waals surface area (Å²) in [4.78, 5) is 99.4. The number of ether oxygens (including phenoxy) is 3. The molecule has 101 heavy (non-hydrogen) atoms. The van der Waals surface area contributed by atoms with Crippen molar-refractivity contribution in [1.82, 2.24) is 45.2 Å². The summed E-state index contributed by atoms with van der Waals surface area (Å²) in [5.41, 5.74) is 4.52. The number of carbonyl (C=O) groups excluding carboxylic acids is 5. The van der Waals surface area contributed by atoms with Crippen molar-refractivity contribution < 1.29 is 60.1 Å². The summed E-state index contributed by atoms with van der Waals surface area (Å²) < 4.78 is 88.4. The number of thiazole rings is 3. The molecule has 8 aromatic rings. The van der Waals surface area contributed by atoms with Crippen molar-refractivity contribution in [2.45, 2.75) is 50.9 Å². The number of amides is 4. The Morgan fingerprint density at radius 2 is 1.19 bits per heavy atom. The number of aromatic nitrogens is 3. The van der Waals surface area contributed by atoms with Gasteiger partial charge in [0.15, 0.2) is 44.2 Å². The van der Waals surface area contributed by atoms with Crippen LogP contribution >= 0.6 is 57.2 Å². The summed E-state index contributed by atoms with van der Waals surface area (Å²) in [5.74, 6) is -3.55. The van der Waals surface area contributed by atoms with Crippen LogP contribution in [-0.4, -0.2) is 168 Å². The van der Waals surface area contributed by atoms with E-state index in [9.17, 15) is 45.9 Å². The number of anilines is 2. The number of piperazine rings is 2. The number of rotatable bonds is 18. The van der Waals surface area contributed by atoms with Crippen LogP contribution in [0.3, 0.4) is 0 Å². The van der Waals surface area contributed by atoms with Crippen molar-refractivity contribution in [1.29, 1.82) is 0 Å². The van der Waals surface area contributed by atoms with E-state index in [-0.39, 0.29) is 87.0 Å². The smallest absolute Gasteiger partial charge is 0.338 e. The fourth-order valence-electron chi connectivity index (χ4n) is 13.0. The van der Waals surface area contributed by atoms with Crippen LogP contribution in [0.4, 0.5) is 42.4 Å². The monoisotopic (exact) mass is 1470 g/mol. The van der Waals surface area contributed by atoms with Crippen molar-refractivity contribution in [3.63, 3.8) is 0 Å². The molecule has 5 aromatic carbocycles. The molecule has 0 spiro atoms. The minimum absolute atomic E-state index is 0.00900. The Labute approximate surface area is 597 Å². The highest BCUT2D eigenvalue weighted by Gasteiger charge is 2.45. The summed E-state index contributed by atoms with van der Waals surface area (Å²) in [6, 6.07) is 18.2. The third kappa shape index (κ3) is 14.9. The van der Waals surface area contributed by atoms with Gasteiger partial charge in [0.1, 0.15) is 41.1 Å². The molecule has 4 atom stereocenters. The van der Waals surface area contributed by atoms with E-state index < -0.39 is 53.1 Å². The first-order chi connectivity index (χ1) is 48.7. The second kappa shape index (κ2) is 30.0. The summed E-state index contributed by atoms with van der Waals surface area (Å²) in [6.07, 6.45) is 4.88. The number of hydrogen-bond donors (Lipinski definition) is 2. The normalized spacial score (nSPS) is 19.3. The lowest BCUT2D eigenvalue weighted by molar-refractivity contribution is -0.137. The number of benzene rings is 5. The number of nitrogens with one attached hydrogen (secondary N) is 2. The van der Waals surface area contributed by atoms with E-state index in [2.05, 4.69) is 35.4 Å². The maximum Gasteiger partial charge on any atom is 0.338 e. The third-order valence-corrected chi connectivity index (χ3v) is 20.9.